The third-order valence-electron chi connectivity index (χ3n) is 4.45. The van der Waals surface area contributed by atoms with Gasteiger partial charge in [-0.2, -0.15) is 0 Å². The van der Waals surface area contributed by atoms with Gasteiger partial charge in [-0.1, -0.05) is 18.7 Å². The summed E-state index contributed by atoms with van der Waals surface area (Å²) in [6, 6.07) is 1.45. The Morgan fingerprint density at radius 2 is 2.15 bits per heavy atom. The molecule has 0 saturated heterocycles. The van der Waals surface area contributed by atoms with Crippen molar-refractivity contribution >= 4 is 39.9 Å². The van der Waals surface area contributed by atoms with Crippen LogP contribution in [0.15, 0.2) is 16.0 Å². The van der Waals surface area contributed by atoms with Crippen LogP contribution in [0.25, 0.3) is 0 Å². The van der Waals surface area contributed by atoms with E-state index in [2.05, 4.69) is 15.3 Å². The number of carbonyl (C=O) groups is 2. The molecular formula is C18H22N4O3S2. The highest BCUT2D eigenvalue weighted by Crippen LogP contribution is 2.38. The quantitative estimate of drug-likeness (QED) is 0.503. The summed E-state index contributed by atoms with van der Waals surface area (Å²) in [6.07, 6.45) is 4.48. The van der Waals surface area contributed by atoms with E-state index in [1.54, 1.807) is 6.92 Å². The lowest BCUT2D eigenvalue weighted by atomic mass is 9.95. The first-order valence-corrected chi connectivity index (χ1v) is 10.6. The Hall–Kier alpha value is -2.13. The van der Waals surface area contributed by atoms with Crippen LogP contribution in [-0.2, 0) is 24.1 Å². The van der Waals surface area contributed by atoms with Crippen molar-refractivity contribution in [3.05, 3.63) is 38.1 Å². The summed E-state index contributed by atoms with van der Waals surface area (Å²) >= 11 is 2.61. The van der Waals surface area contributed by atoms with Gasteiger partial charge in [-0.05, 0) is 44.6 Å². The van der Waals surface area contributed by atoms with Gasteiger partial charge < -0.3 is 16.0 Å². The number of primary amides is 1. The predicted molar refractivity (Wildman–Crippen MR) is 108 cm³/mol. The van der Waals surface area contributed by atoms with Gasteiger partial charge >= 0.3 is 0 Å². The molecule has 0 aromatic carbocycles. The van der Waals surface area contributed by atoms with Gasteiger partial charge in [0.2, 0.25) is 5.91 Å². The minimum absolute atomic E-state index is 0.237. The van der Waals surface area contributed by atoms with Crippen molar-refractivity contribution in [2.45, 2.75) is 56.4 Å². The smallest absolute Gasteiger partial charge is 0.251 e. The number of carbonyl (C=O) groups excluding carboxylic acids is 2. The summed E-state index contributed by atoms with van der Waals surface area (Å²) in [4.78, 5) is 44.4. The number of nitrogens with two attached hydrogens (primary N) is 1. The molecular weight excluding hydrogens is 384 g/mol. The number of rotatable bonds is 6. The average Bonchev–Trinajstić information content (AvgIpc) is 2.98. The van der Waals surface area contributed by atoms with E-state index in [1.165, 1.54) is 29.2 Å². The summed E-state index contributed by atoms with van der Waals surface area (Å²) in [5.41, 5.74) is 7.43. The number of nitrogens with one attached hydrogen (secondary N) is 2. The molecule has 2 heterocycles. The summed E-state index contributed by atoms with van der Waals surface area (Å²) in [7, 11) is 0. The molecule has 9 heteroatoms. The highest BCUT2D eigenvalue weighted by Gasteiger charge is 2.26. The molecule has 0 saturated carbocycles. The van der Waals surface area contributed by atoms with Crippen LogP contribution in [0.3, 0.4) is 0 Å². The van der Waals surface area contributed by atoms with E-state index in [9.17, 15) is 14.4 Å². The molecule has 3 rings (SSSR count). The van der Waals surface area contributed by atoms with Gasteiger partial charge in [-0.3, -0.25) is 14.4 Å². The fourth-order valence-corrected chi connectivity index (χ4v) is 5.20. The highest BCUT2D eigenvalue weighted by molar-refractivity contribution is 8.00. The molecule has 2 amide bonds. The Labute approximate surface area is 165 Å². The Bertz CT molecular complexity index is 935. The van der Waals surface area contributed by atoms with Crippen LogP contribution >= 0.6 is 23.1 Å². The lowest BCUT2D eigenvalue weighted by Crippen LogP contribution is -2.25. The predicted octanol–water partition coefficient (Wildman–Crippen LogP) is 2.49. The van der Waals surface area contributed by atoms with E-state index in [1.807, 2.05) is 6.92 Å². The van der Waals surface area contributed by atoms with Gasteiger partial charge in [0.25, 0.3) is 11.5 Å². The van der Waals surface area contributed by atoms with Gasteiger partial charge in [0, 0.05) is 16.6 Å². The topological polar surface area (TPSA) is 118 Å². The van der Waals surface area contributed by atoms with Crippen molar-refractivity contribution in [1.29, 1.82) is 0 Å². The number of aromatic amines is 1. The first-order chi connectivity index (χ1) is 12.9. The van der Waals surface area contributed by atoms with Crippen molar-refractivity contribution in [2.75, 3.05) is 5.32 Å². The molecule has 0 radical (unpaired) electrons. The summed E-state index contributed by atoms with van der Waals surface area (Å²) in [5, 5.41) is 3.28. The van der Waals surface area contributed by atoms with Gasteiger partial charge in [0.1, 0.15) is 5.00 Å². The molecule has 0 spiro atoms. The Morgan fingerprint density at radius 3 is 2.85 bits per heavy atom. The van der Waals surface area contributed by atoms with Crippen LogP contribution in [0.1, 0.15) is 53.2 Å². The molecule has 0 aliphatic heterocycles. The number of fused-ring (bicyclic) bond motifs is 1. The molecule has 1 unspecified atom stereocenters. The number of anilines is 1. The lowest BCUT2D eigenvalue weighted by Gasteiger charge is -2.12. The molecule has 27 heavy (non-hydrogen) atoms. The van der Waals surface area contributed by atoms with Crippen molar-refractivity contribution < 1.29 is 9.59 Å². The molecule has 0 fully saturated rings. The molecule has 7 nitrogen and oxygen atoms in total. The number of thioether (sulfide) groups is 1. The second-order valence-electron chi connectivity index (χ2n) is 6.42. The number of aromatic nitrogens is 2. The van der Waals surface area contributed by atoms with Gasteiger partial charge in [-0.25, -0.2) is 4.98 Å². The van der Waals surface area contributed by atoms with Crippen molar-refractivity contribution in [3.8, 4) is 0 Å². The number of thiophene rings is 1. The fraction of sp³-hybridized carbons (Fsp3) is 0.444. The largest absolute Gasteiger partial charge is 0.365 e. The van der Waals surface area contributed by atoms with Crippen molar-refractivity contribution in [3.63, 3.8) is 0 Å². The number of hydrogen-bond acceptors (Lipinski definition) is 6. The molecule has 1 aliphatic carbocycles. The standard InChI is InChI=1S/C18H22N4O3S2/c1-3-10-8-13(23)21-18(20-10)26-9(2)16(25)22-17-14(15(19)24)11-6-4-5-7-12(11)27-17/h8-9H,3-7H2,1-2H3,(H2,19,24)(H,22,25)(H,20,21,23). The third kappa shape index (κ3) is 4.41. The van der Waals surface area contributed by atoms with Crippen LogP contribution < -0.4 is 16.6 Å². The number of amides is 2. The maximum atomic E-state index is 12.6. The second kappa shape index (κ2) is 8.26. The van der Waals surface area contributed by atoms with E-state index in [4.69, 9.17) is 5.73 Å². The van der Waals surface area contributed by atoms with E-state index in [0.717, 1.165) is 36.1 Å². The van der Waals surface area contributed by atoms with Crippen LogP contribution in [-0.4, -0.2) is 27.0 Å². The lowest BCUT2D eigenvalue weighted by molar-refractivity contribution is -0.115. The highest BCUT2D eigenvalue weighted by atomic mass is 32.2. The summed E-state index contributed by atoms with van der Waals surface area (Å²) < 4.78 is 0. The molecule has 4 N–H and O–H groups in total. The molecule has 1 atom stereocenters. The van der Waals surface area contributed by atoms with E-state index in [-0.39, 0.29) is 11.5 Å². The van der Waals surface area contributed by atoms with Crippen LogP contribution in [0, 0.1) is 0 Å². The SMILES string of the molecule is CCc1cc(=O)[nH]c(SC(C)C(=O)Nc2sc3c(c2C(N)=O)CCCC3)n1. The minimum atomic E-state index is -0.508. The Balaban J connectivity index is 1.77. The summed E-state index contributed by atoms with van der Waals surface area (Å²) in [5.74, 6) is -0.766. The number of nitrogens with zero attached hydrogens (tertiary/aromatic N) is 1. The normalized spacial score (nSPS) is 14.4. The Kier molecular flexibility index (Phi) is 6.01. The van der Waals surface area contributed by atoms with E-state index >= 15 is 0 Å². The van der Waals surface area contributed by atoms with Gasteiger partial charge in [-0.15, -0.1) is 11.3 Å². The number of hydrogen-bond donors (Lipinski definition) is 3. The van der Waals surface area contributed by atoms with Crippen molar-refractivity contribution in [1.82, 2.24) is 9.97 Å². The molecule has 2 aromatic heterocycles. The Morgan fingerprint density at radius 1 is 1.41 bits per heavy atom. The number of aryl methyl sites for hydroxylation is 2. The van der Waals surface area contributed by atoms with Crippen LogP contribution in [0.4, 0.5) is 5.00 Å². The maximum Gasteiger partial charge on any atom is 0.251 e. The van der Waals surface area contributed by atoms with E-state index in [0.29, 0.717) is 27.8 Å². The monoisotopic (exact) mass is 406 g/mol. The average molecular weight is 407 g/mol. The van der Waals surface area contributed by atoms with Crippen LogP contribution in [0.2, 0.25) is 0 Å². The first kappa shape index (κ1) is 19.6. The van der Waals surface area contributed by atoms with Gasteiger partial charge in [0.05, 0.1) is 10.8 Å². The minimum Gasteiger partial charge on any atom is -0.365 e. The zero-order chi connectivity index (χ0) is 19.6. The summed E-state index contributed by atoms with van der Waals surface area (Å²) in [6.45, 7) is 3.65. The molecule has 0 bridgehead atoms. The zero-order valence-electron chi connectivity index (χ0n) is 15.3. The van der Waals surface area contributed by atoms with E-state index < -0.39 is 11.2 Å². The molecule has 2 aromatic rings. The maximum absolute atomic E-state index is 12.6. The third-order valence-corrected chi connectivity index (χ3v) is 6.64. The number of H-pyrrole nitrogens is 1. The van der Waals surface area contributed by atoms with Gasteiger partial charge in [0.15, 0.2) is 5.16 Å². The molecule has 144 valence electrons. The first-order valence-electron chi connectivity index (χ1n) is 8.91. The fourth-order valence-electron chi connectivity index (χ4n) is 3.07. The zero-order valence-corrected chi connectivity index (χ0v) is 16.9. The second-order valence-corrected chi connectivity index (χ2v) is 8.86. The van der Waals surface area contributed by atoms with Crippen LogP contribution in [0.5, 0.6) is 0 Å². The molecule has 1 aliphatic rings. The van der Waals surface area contributed by atoms with Crippen molar-refractivity contribution in [2.24, 2.45) is 5.73 Å².